The van der Waals surface area contributed by atoms with E-state index in [1.165, 1.54) is 6.42 Å². The molecule has 1 N–H and O–H groups in total. The van der Waals surface area contributed by atoms with Gasteiger partial charge in [-0.25, -0.2) is 0 Å². The van der Waals surface area contributed by atoms with Crippen LogP contribution in [0.2, 0.25) is 0 Å². The second kappa shape index (κ2) is 5.29. The van der Waals surface area contributed by atoms with Gasteiger partial charge >= 0.3 is 0 Å². The number of anilines is 2. The molecule has 1 saturated heterocycles. The van der Waals surface area contributed by atoms with Crippen molar-refractivity contribution in [3.8, 4) is 0 Å². The first-order valence-corrected chi connectivity index (χ1v) is 8.53. The first-order chi connectivity index (χ1) is 12.2. The van der Waals surface area contributed by atoms with E-state index in [9.17, 15) is 9.59 Å². The third-order valence-corrected chi connectivity index (χ3v) is 5.12. The van der Waals surface area contributed by atoms with Gasteiger partial charge in [-0.3, -0.25) is 19.4 Å². The minimum Gasteiger partial charge on any atom is -0.351 e. The summed E-state index contributed by atoms with van der Waals surface area (Å²) in [4.78, 5) is 30.0. The lowest BCUT2D eigenvalue weighted by Gasteiger charge is -2.34. The van der Waals surface area contributed by atoms with E-state index in [-0.39, 0.29) is 11.7 Å². The average Bonchev–Trinajstić information content (AvgIpc) is 3.06. The number of nitrogens with zero attached hydrogens (tertiary/aromatic N) is 2. The van der Waals surface area contributed by atoms with Crippen LogP contribution in [0.1, 0.15) is 22.3 Å². The van der Waals surface area contributed by atoms with E-state index in [4.69, 9.17) is 0 Å². The molecule has 0 bridgehead atoms. The quantitative estimate of drug-likeness (QED) is 0.860. The van der Waals surface area contributed by atoms with E-state index < -0.39 is 0 Å². The SMILES string of the molecule is O=C1/C(=C2/C(=O)N(CN3CCC3)c3ccccc32)Nc2ccccc21. The number of para-hydroxylation sites is 2. The Morgan fingerprint density at radius 2 is 1.64 bits per heavy atom. The van der Waals surface area contributed by atoms with Crippen molar-refractivity contribution in [2.75, 3.05) is 30.0 Å². The zero-order chi connectivity index (χ0) is 17.0. The van der Waals surface area contributed by atoms with Crippen LogP contribution in [0.15, 0.2) is 54.2 Å². The Morgan fingerprint density at radius 3 is 2.36 bits per heavy atom. The molecule has 2 aromatic rings. The highest BCUT2D eigenvalue weighted by molar-refractivity contribution is 6.39. The lowest BCUT2D eigenvalue weighted by molar-refractivity contribution is -0.113. The van der Waals surface area contributed by atoms with Crippen LogP contribution in [-0.4, -0.2) is 36.3 Å². The van der Waals surface area contributed by atoms with Crippen molar-refractivity contribution < 1.29 is 9.59 Å². The number of hydrogen-bond acceptors (Lipinski definition) is 4. The van der Waals surface area contributed by atoms with Crippen LogP contribution in [-0.2, 0) is 4.79 Å². The summed E-state index contributed by atoms with van der Waals surface area (Å²) in [5, 5.41) is 3.17. The van der Waals surface area contributed by atoms with Crippen LogP contribution in [0.4, 0.5) is 11.4 Å². The maximum atomic E-state index is 13.2. The minimum absolute atomic E-state index is 0.100. The summed E-state index contributed by atoms with van der Waals surface area (Å²) in [5.41, 5.74) is 3.98. The number of benzene rings is 2. The molecule has 0 radical (unpaired) electrons. The van der Waals surface area contributed by atoms with E-state index in [1.54, 1.807) is 11.0 Å². The van der Waals surface area contributed by atoms with Gasteiger partial charge in [0.05, 0.1) is 17.9 Å². The van der Waals surface area contributed by atoms with Crippen molar-refractivity contribution in [1.29, 1.82) is 0 Å². The minimum atomic E-state index is -0.112. The maximum absolute atomic E-state index is 13.2. The summed E-state index contributed by atoms with van der Waals surface area (Å²) in [6.45, 7) is 2.61. The first kappa shape index (κ1) is 14.4. The molecule has 0 spiro atoms. The van der Waals surface area contributed by atoms with Crippen molar-refractivity contribution >= 4 is 28.6 Å². The van der Waals surface area contributed by atoms with Gasteiger partial charge < -0.3 is 5.32 Å². The summed E-state index contributed by atoms with van der Waals surface area (Å²) in [5.74, 6) is -0.212. The van der Waals surface area contributed by atoms with Crippen LogP contribution in [0.25, 0.3) is 5.57 Å². The number of ketones is 1. The smallest absolute Gasteiger partial charge is 0.262 e. The number of nitrogens with one attached hydrogen (secondary N) is 1. The molecular formula is C20H17N3O2. The molecule has 124 valence electrons. The highest BCUT2D eigenvalue weighted by Crippen LogP contribution is 2.41. The van der Waals surface area contributed by atoms with E-state index in [0.717, 1.165) is 30.0 Å². The molecule has 5 heteroatoms. The summed E-state index contributed by atoms with van der Waals surface area (Å²) in [6.07, 6.45) is 1.17. The number of rotatable bonds is 2. The fourth-order valence-corrected chi connectivity index (χ4v) is 3.68. The van der Waals surface area contributed by atoms with Crippen molar-refractivity contribution in [2.45, 2.75) is 6.42 Å². The molecule has 1 amide bonds. The molecule has 0 saturated carbocycles. The van der Waals surface area contributed by atoms with Crippen LogP contribution >= 0.6 is 0 Å². The number of fused-ring (bicyclic) bond motifs is 2. The summed E-state index contributed by atoms with van der Waals surface area (Å²) in [6, 6.07) is 15.1. The Labute approximate surface area is 145 Å². The van der Waals surface area contributed by atoms with E-state index in [0.29, 0.717) is 23.5 Å². The highest BCUT2D eigenvalue weighted by Gasteiger charge is 2.39. The number of hydrogen-bond donors (Lipinski definition) is 1. The largest absolute Gasteiger partial charge is 0.351 e. The predicted octanol–water partition coefficient (Wildman–Crippen LogP) is 2.72. The van der Waals surface area contributed by atoms with Crippen molar-refractivity contribution in [1.82, 2.24) is 4.90 Å². The van der Waals surface area contributed by atoms with Gasteiger partial charge in [-0.1, -0.05) is 30.3 Å². The van der Waals surface area contributed by atoms with Gasteiger partial charge in [0.15, 0.2) is 0 Å². The van der Waals surface area contributed by atoms with E-state index >= 15 is 0 Å². The average molecular weight is 331 g/mol. The first-order valence-electron chi connectivity index (χ1n) is 8.53. The zero-order valence-electron chi connectivity index (χ0n) is 13.7. The number of Topliss-reactive ketones (excluding diaryl/α,β-unsaturated/α-hetero) is 1. The van der Waals surface area contributed by atoms with Gasteiger partial charge in [-0.15, -0.1) is 0 Å². The standard InChI is InChI=1S/C20H17N3O2/c24-19-13-6-1-3-8-15(13)21-18(19)17-14-7-2-4-9-16(14)23(20(17)25)12-22-10-5-11-22/h1-4,6-9,21H,5,10-12H2/b18-17-. The molecule has 0 unspecified atom stereocenters. The van der Waals surface area contributed by atoms with E-state index in [2.05, 4.69) is 10.2 Å². The Bertz CT molecular complexity index is 943. The number of carbonyl (C=O) groups is 2. The van der Waals surface area contributed by atoms with Gasteiger partial charge in [0, 0.05) is 29.9 Å². The molecule has 3 aliphatic heterocycles. The fraction of sp³-hybridized carbons (Fsp3) is 0.200. The highest BCUT2D eigenvalue weighted by atomic mass is 16.2. The molecule has 1 fully saturated rings. The van der Waals surface area contributed by atoms with Crippen molar-refractivity contribution in [3.63, 3.8) is 0 Å². The maximum Gasteiger partial charge on any atom is 0.262 e. The molecule has 3 heterocycles. The van der Waals surface area contributed by atoms with Gasteiger partial charge in [0.1, 0.15) is 5.70 Å². The Kier molecular flexibility index (Phi) is 3.05. The topological polar surface area (TPSA) is 52.7 Å². The van der Waals surface area contributed by atoms with Gasteiger partial charge in [0.25, 0.3) is 5.91 Å². The lowest BCUT2D eigenvalue weighted by atomic mass is 10.0. The summed E-state index contributed by atoms with van der Waals surface area (Å²) in [7, 11) is 0. The lowest BCUT2D eigenvalue weighted by Crippen LogP contribution is -2.46. The summed E-state index contributed by atoms with van der Waals surface area (Å²) < 4.78 is 0. The normalized spacial score (nSPS) is 21.8. The zero-order valence-corrected chi connectivity index (χ0v) is 13.7. The Morgan fingerprint density at radius 1 is 0.920 bits per heavy atom. The molecule has 5 nitrogen and oxygen atoms in total. The van der Waals surface area contributed by atoms with Crippen molar-refractivity contribution in [3.05, 3.63) is 65.4 Å². The number of carbonyl (C=O) groups excluding carboxylic acids is 2. The van der Waals surface area contributed by atoms with Gasteiger partial charge in [-0.2, -0.15) is 0 Å². The summed E-state index contributed by atoms with van der Waals surface area (Å²) >= 11 is 0. The van der Waals surface area contributed by atoms with Crippen LogP contribution in [0, 0.1) is 0 Å². The third-order valence-electron chi connectivity index (χ3n) is 5.12. The van der Waals surface area contributed by atoms with Crippen molar-refractivity contribution in [2.24, 2.45) is 0 Å². The fourth-order valence-electron chi connectivity index (χ4n) is 3.68. The number of likely N-dealkylation sites (tertiary alicyclic amines) is 1. The third kappa shape index (κ3) is 2.06. The molecule has 0 atom stereocenters. The van der Waals surface area contributed by atoms with Crippen LogP contribution in [0.5, 0.6) is 0 Å². The van der Waals surface area contributed by atoms with Gasteiger partial charge in [-0.05, 0) is 24.6 Å². The second-order valence-electron chi connectivity index (χ2n) is 6.61. The van der Waals surface area contributed by atoms with Crippen LogP contribution < -0.4 is 10.2 Å². The molecule has 0 aliphatic carbocycles. The second-order valence-corrected chi connectivity index (χ2v) is 6.61. The van der Waals surface area contributed by atoms with Gasteiger partial charge in [0.2, 0.25) is 5.78 Å². The predicted molar refractivity (Wildman–Crippen MR) is 96.3 cm³/mol. The molecule has 3 aliphatic rings. The Hall–Kier alpha value is -2.92. The molecule has 25 heavy (non-hydrogen) atoms. The van der Waals surface area contributed by atoms with E-state index in [1.807, 2.05) is 42.5 Å². The number of amides is 1. The van der Waals surface area contributed by atoms with Crippen LogP contribution in [0.3, 0.4) is 0 Å². The molecular weight excluding hydrogens is 314 g/mol. The molecule has 5 rings (SSSR count). The molecule has 0 aromatic heterocycles. The number of allylic oxidation sites excluding steroid dienone is 1. The Balaban J connectivity index is 1.62. The molecule has 2 aromatic carbocycles. The monoisotopic (exact) mass is 331 g/mol.